The molecule has 7 nitrogen and oxygen atoms in total. The van der Waals surface area contributed by atoms with Crippen molar-refractivity contribution >= 4 is 22.7 Å². The van der Waals surface area contributed by atoms with Crippen LogP contribution in [0.3, 0.4) is 0 Å². The molecule has 0 atom stereocenters. The second kappa shape index (κ2) is 5.57. The van der Waals surface area contributed by atoms with E-state index in [0.29, 0.717) is 29.4 Å². The molecule has 1 aromatic heterocycles. The van der Waals surface area contributed by atoms with Gasteiger partial charge in [-0.1, -0.05) is 0 Å². The standard InChI is InChI=1S/C12H16N4O3/c1-18-9-5-7-8(6-10(9)19-2)15-12(13)16-11(7)14-3-4-17/h5-6,17H,3-4H2,1-2H3,(H3,13,14,15,16). The van der Waals surface area contributed by atoms with Crippen LogP contribution < -0.4 is 20.5 Å². The first-order chi connectivity index (χ1) is 9.19. The number of ether oxygens (including phenoxy) is 2. The lowest BCUT2D eigenvalue weighted by molar-refractivity contribution is 0.311. The number of anilines is 2. The molecular formula is C12H16N4O3. The zero-order valence-electron chi connectivity index (χ0n) is 10.8. The van der Waals surface area contributed by atoms with Crippen LogP contribution >= 0.6 is 0 Å². The predicted octanol–water partition coefficient (Wildman–Crippen LogP) is 0.633. The summed E-state index contributed by atoms with van der Waals surface area (Å²) in [4.78, 5) is 8.27. The maximum absolute atomic E-state index is 8.87. The van der Waals surface area contributed by atoms with Crippen LogP contribution in [0.1, 0.15) is 0 Å². The molecule has 0 unspecified atom stereocenters. The molecule has 0 radical (unpaired) electrons. The molecule has 2 rings (SSSR count). The fourth-order valence-electron chi connectivity index (χ4n) is 1.78. The van der Waals surface area contributed by atoms with Crippen molar-refractivity contribution in [3.8, 4) is 11.5 Å². The number of nitrogen functional groups attached to an aromatic ring is 1. The molecule has 102 valence electrons. The van der Waals surface area contributed by atoms with Crippen molar-refractivity contribution in [2.75, 3.05) is 38.4 Å². The Kier molecular flexibility index (Phi) is 3.86. The van der Waals surface area contributed by atoms with E-state index in [2.05, 4.69) is 15.3 Å². The minimum absolute atomic E-state index is 0.00130. The summed E-state index contributed by atoms with van der Waals surface area (Å²) < 4.78 is 10.5. The van der Waals surface area contributed by atoms with Gasteiger partial charge in [0.2, 0.25) is 5.95 Å². The Labute approximate surface area is 110 Å². The van der Waals surface area contributed by atoms with Crippen LogP contribution in [-0.2, 0) is 0 Å². The van der Waals surface area contributed by atoms with Gasteiger partial charge in [-0.05, 0) is 6.07 Å². The SMILES string of the molecule is COc1cc2nc(N)nc(NCCO)c2cc1OC. The lowest BCUT2D eigenvalue weighted by Gasteiger charge is -2.12. The van der Waals surface area contributed by atoms with Gasteiger partial charge in [-0.15, -0.1) is 0 Å². The van der Waals surface area contributed by atoms with Crippen molar-refractivity contribution < 1.29 is 14.6 Å². The summed E-state index contributed by atoms with van der Waals surface area (Å²) in [7, 11) is 3.11. The number of fused-ring (bicyclic) bond motifs is 1. The second-order valence-electron chi connectivity index (χ2n) is 3.81. The van der Waals surface area contributed by atoms with Crippen LogP contribution in [0, 0.1) is 0 Å². The summed E-state index contributed by atoms with van der Waals surface area (Å²) in [5.41, 5.74) is 6.31. The average molecular weight is 264 g/mol. The molecule has 0 bridgehead atoms. The summed E-state index contributed by atoms with van der Waals surface area (Å²) in [6.07, 6.45) is 0. The Balaban J connectivity index is 2.61. The van der Waals surface area contributed by atoms with Crippen molar-refractivity contribution in [2.24, 2.45) is 0 Å². The van der Waals surface area contributed by atoms with Crippen LogP contribution in [0.25, 0.3) is 10.9 Å². The molecule has 0 aliphatic rings. The van der Waals surface area contributed by atoms with Gasteiger partial charge in [0.15, 0.2) is 11.5 Å². The van der Waals surface area contributed by atoms with Gasteiger partial charge in [0.25, 0.3) is 0 Å². The molecule has 0 spiro atoms. The number of nitrogens with one attached hydrogen (secondary N) is 1. The zero-order valence-corrected chi connectivity index (χ0v) is 10.8. The van der Waals surface area contributed by atoms with Gasteiger partial charge in [0.05, 0.1) is 26.3 Å². The van der Waals surface area contributed by atoms with E-state index in [4.69, 9.17) is 20.3 Å². The maximum Gasteiger partial charge on any atom is 0.222 e. The molecule has 0 amide bonds. The molecule has 4 N–H and O–H groups in total. The Morgan fingerprint density at radius 1 is 1.21 bits per heavy atom. The largest absolute Gasteiger partial charge is 0.493 e. The summed E-state index contributed by atoms with van der Waals surface area (Å²) >= 11 is 0. The van der Waals surface area contributed by atoms with Crippen LogP contribution in [0.2, 0.25) is 0 Å². The van der Waals surface area contributed by atoms with Gasteiger partial charge in [-0.25, -0.2) is 4.98 Å². The van der Waals surface area contributed by atoms with E-state index >= 15 is 0 Å². The normalized spacial score (nSPS) is 10.5. The first-order valence-electron chi connectivity index (χ1n) is 5.73. The minimum Gasteiger partial charge on any atom is -0.493 e. The number of hydrogen-bond donors (Lipinski definition) is 3. The molecule has 19 heavy (non-hydrogen) atoms. The van der Waals surface area contributed by atoms with Crippen LogP contribution in [0.5, 0.6) is 11.5 Å². The Hall–Kier alpha value is -2.28. The van der Waals surface area contributed by atoms with Crippen molar-refractivity contribution in [1.29, 1.82) is 0 Å². The minimum atomic E-state index is -0.00130. The van der Waals surface area contributed by atoms with E-state index < -0.39 is 0 Å². The van der Waals surface area contributed by atoms with E-state index in [1.165, 1.54) is 0 Å². The maximum atomic E-state index is 8.87. The highest BCUT2D eigenvalue weighted by Crippen LogP contribution is 2.34. The highest BCUT2D eigenvalue weighted by molar-refractivity contribution is 5.92. The monoisotopic (exact) mass is 264 g/mol. The van der Waals surface area contributed by atoms with Crippen molar-refractivity contribution in [3.05, 3.63) is 12.1 Å². The quantitative estimate of drug-likeness (QED) is 0.728. The molecule has 0 saturated carbocycles. The van der Waals surface area contributed by atoms with Crippen molar-refractivity contribution in [3.63, 3.8) is 0 Å². The average Bonchev–Trinajstić information content (AvgIpc) is 2.43. The molecule has 1 heterocycles. The summed E-state index contributed by atoms with van der Waals surface area (Å²) in [5, 5.41) is 12.6. The van der Waals surface area contributed by atoms with Crippen molar-refractivity contribution in [2.45, 2.75) is 0 Å². The first kappa shape index (κ1) is 13.2. The number of benzene rings is 1. The van der Waals surface area contributed by atoms with E-state index in [1.54, 1.807) is 26.4 Å². The van der Waals surface area contributed by atoms with Gasteiger partial charge < -0.3 is 25.6 Å². The topological polar surface area (TPSA) is 103 Å². The third-order valence-corrected chi connectivity index (χ3v) is 2.62. The van der Waals surface area contributed by atoms with Gasteiger partial charge in [0.1, 0.15) is 5.82 Å². The molecule has 0 fully saturated rings. The fraction of sp³-hybridized carbons (Fsp3) is 0.333. The van der Waals surface area contributed by atoms with E-state index in [0.717, 1.165) is 5.39 Å². The second-order valence-corrected chi connectivity index (χ2v) is 3.81. The van der Waals surface area contributed by atoms with E-state index in [1.807, 2.05) is 0 Å². The van der Waals surface area contributed by atoms with Gasteiger partial charge in [0, 0.05) is 18.0 Å². The molecule has 1 aromatic carbocycles. The highest BCUT2D eigenvalue weighted by Gasteiger charge is 2.12. The number of aliphatic hydroxyl groups excluding tert-OH is 1. The zero-order chi connectivity index (χ0) is 13.8. The number of methoxy groups -OCH3 is 2. The summed E-state index contributed by atoms with van der Waals surface area (Å²) in [6, 6.07) is 3.50. The van der Waals surface area contributed by atoms with Crippen molar-refractivity contribution in [1.82, 2.24) is 9.97 Å². The number of nitrogens with zero attached hydrogens (tertiary/aromatic N) is 2. The smallest absolute Gasteiger partial charge is 0.222 e. The molecule has 2 aromatic rings. The third-order valence-electron chi connectivity index (χ3n) is 2.62. The van der Waals surface area contributed by atoms with Crippen LogP contribution in [0.15, 0.2) is 12.1 Å². The Morgan fingerprint density at radius 3 is 2.53 bits per heavy atom. The Bertz CT molecular complexity index is 589. The van der Waals surface area contributed by atoms with Gasteiger partial charge >= 0.3 is 0 Å². The lowest BCUT2D eigenvalue weighted by atomic mass is 10.2. The Morgan fingerprint density at radius 2 is 1.89 bits per heavy atom. The molecule has 0 aliphatic heterocycles. The number of rotatable bonds is 5. The number of hydrogen-bond acceptors (Lipinski definition) is 7. The predicted molar refractivity (Wildman–Crippen MR) is 72.6 cm³/mol. The highest BCUT2D eigenvalue weighted by atomic mass is 16.5. The van der Waals surface area contributed by atoms with Gasteiger partial charge in [-0.3, -0.25) is 0 Å². The van der Waals surface area contributed by atoms with E-state index in [9.17, 15) is 0 Å². The van der Waals surface area contributed by atoms with E-state index in [-0.39, 0.29) is 12.6 Å². The molecule has 7 heteroatoms. The molecular weight excluding hydrogens is 248 g/mol. The number of aliphatic hydroxyl groups is 1. The molecule has 0 saturated heterocycles. The van der Waals surface area contributed by atoms with Crippen LogP contribution in [0.4, 0.5) is 11.8 Å². The van der Waals surface area contributed by atoms with Gasteiger partial charge in [-0.2, -0.15) is 4.98 Å². The summed E-state index contributed by atoms with van der Waals surface area (Å²) in [6.45, 7) is 0.374. The fourth-order valence-corrected chi connectivity index (χ4v) is 1.78. The first-order valence-corrected chi connectivity index (χ1v) is 5.73. The molecule has 0 aliphatic carbocycles. The number of aromatic nitrogens is 2. The van der Waals surface area contributed by atoms with Crippen LogP contribution in [-0.4, -0.2) is 42.4 Å². The lowest BCUT2D eigenvalue weighted by Crippen LogP contribution is -2.09. The third kappa shape index (κ3) is 2.60. The summed E-state index contributed by atoms with van der Waals surface area (Å²) in [5.74, 6) is 1.86. The number of nitrogens with two attached hydrogens (primary N) is 1.